The SMILES string of the molecule is CN=C(C(c1ccccc1)[P+](c1ccccc1)(c1ccccc1)c1ccccc1)C(C)(C)C.O=S(=O)([O-])C(F)(F)F. The minimum absolute atomic E-state index is 0.0845. The molecule has 0 N–H and O–H groups in total. The fraction of sp³-hybridized carbons (Fsp3) is 0.219. The summed E-state index contributed by atoms with van der Waals surface area (Å²) in [5, 5.41) is 4.13. The fourth-order valence-electron chi connectivity index (χ4n) is 4.95. The molecule has 0 fully saturated rings. The molecule has 216 valence electrons. The molecule has 0 saturated carbocycles. The maximum Gasteiger partial charge on any atom is 0.485 e. The van der Waals surface area contributed by atoms with Gasteiger partial charge < -0.3 is 4.55 Å². The Labute approximate surface area is 241 Å². The van der Waals surface area contributed by atoms with Gasteiger partial charge in [0, 0.05) is 12.5 Å². The van der Waals surface area contributed by atoms with Crippen molar-refractivity contribution in [1.29, 1.82) is 0 Å². The molecule has 0 amide bonds. The van der Waals surface area contributed by atoms with Gasteiger partial charge in [-0.15, -0.1) is 0 Å². The molecule has 1 unspecified atom stereocenters. The molecule has 4 nitrogen and oxygen atoms in total. The Kier molecular flexibility index (Phi) is 10.3. The third kappa shape index (κ3) is 7.31. The Bertz CT molecular complexity index is 1430. The summed E-state index contributed by atoms with van der Waals surface area (Å²) in [4.78, 5) is 5.02. The Morgan fingerprint density at radius 2 is 0.976 bits per heavy atom. The van der Waals surface area contributed by atoms with Crippen LogP contribution in [0.3, 0.4) is 0 Å². The van der Waals surface area contributed by atoms with E-state index in [0.717, 1.165) is 0 Å². The first-order chi connectivity index (χ1) is 19.2. The third-order valence-electron chi connectivity index (χ3n) is 6.54. The van der Waals surface area contributed by atoms with E-state index in [1.165, 1.54) is 27.2 Å². The summed E-state index contributed by atoms with van der Waals surface area (Å²) < 4.78 is 58.9. The van der Waals surface area contributed by atoms with Crippen LogP contribution in [0.4, 0.5) is 13.2 Å². The molecule has 0 bridgehead atoms. The summed E-state index contributed by atoms with van der Waals surface area (Å²) in [6.07, 6.45) is 0. The van der Waals surface area contributed by atoms with Gasteiger partial charge in [0.05, 0.1) is 5.71 Å². The number of alkyl halides is 3. The Hall–Kier alpha value is -3.32. The number of aliphatic imine (C=N–C) groups is 1. The largest absolute Gasteiger partial charge is 0.741 e. The molecule has 0 radical (unpaired) electrons. The number of nitrogens with zero attached hydrogens (tertiary/aromatic N) is 1. The lowest BCUT2D eigenvalue weighted by Crippen LogP contribution is -2.41. The van der Waals surface area contributed by atoms with Gasteiger partial charge in [-0.2, -0.15) is 13.2 Å². The highest BCUT2D eigenvalue weighted by atomic mass is 32.2. The van der Waals surface area contributed by atoms with E-state index in [0.29, 0.717) is 0 Å². The number of benzene rings is 4. The van der Waals surface area contributed by atoms with E-state index in [1.807, 2.05) is 7.05 Å². The molecule has 0 aliphatic rings. The van der Waals surface area contributed by atoms with Gasteiger partial charge in [0.25, 0.3) is 0 Å². The molecule has 1 atom stereocenters. The van der Waals surface area contributed by atoms with Crippen LogP contribution >= 0.6 is 7.26 Å². The van der Waals surface area contributed by atoms with Crippen molar-refractivity contribution in [2.24, 2.45) is 10.4 Å². The number of halogens is 3. The van der Waals surface area contributed by atoms with Crippen LogP contribution in [0.25, 0.3) is 0 Å². The van der Waals surface area contributed by atoms with Gasteiger partial charge in [0.2, 0.25) is 0 Å². The second kappa shape index (κ2) is 13.1. The zero-order chi connectivity index (χ0) is 30.3. The zero-order valence-corrected chi connectivity index (χ0v) is 25.0. The zero-order valence-electron chi connectivity index (χ0n) is 23.3. The summed E-state index contributed by atoms with van der Waals surface area (Å²) in [6.45, 7) is 6.88. The summed E-state index contributed by atoms with van der Waals surface area (Å²) in [7, 11) is -6.31. The maximum absolute atomic E-state index is 10.7. The van der Waals surface area contributed by atoms with Gasteiger partial charge in [0.1, 0.15) is 28.8 Å². The molecule has 0 aliphatic carbocycles. The molecule has 0 spiro atoms. The van der Waals surface area contributed by atoms with Crippen molar-refractivity contribution in [2.75, 3.05) is 7.05 Å². The molecule has 0 heterocycles. The molecular formula is C32H33F3NO3PS. The van der Waals surface area contributed by atoms with Crippen LogP contribution in [0, 0.1) is 5.41 Å². The first-order valence-electron chi connectivity index (χ1n) is 12.8. The van der Waals surface area contributed by atoms with Gasteiger partial charge in [0.15, 0.2) is 10.1 Å². The summed E-state index contributed by atoms with van der Waals surface area (Å²) >= 11 is 0. The fourth-order valence-corrected chi connectivity index (χ4v) is 10.2. The van der Waals surface area contributed by atoms with Gasteiger partial charge in [-0.25, -0.2) is 8.42 Å². The van der Waals surface area contributed by atoms with Crippen molar-refractivity contribution >= 4 is 39.0 Å². The summed E-state index contributed by atoms with van der Waals surface area (Å²) in [5.74, 6) is 0. The van der Waals surface area contributed by atoms with Crippen LogP contribution in [0.5, 0.6) is 0 Å². The monoisotopic (exact) mass is 599 g/mol. The van der Waals surface area contributed by atoms with Gasteiger partial charge in [-0.1, -0.05) is 106 Å². The molecule has 0 aromatic heterocycles. The first-order valence-corrected chi connectivity index (χ1v) is 16.1. The molecule has 4 aromatic carbocycles. The van der Waals surface area contributed by atoms with Crippen molar-refractivity contribution in [2.45, 2.75) is 31.9 Å². The van der Waals surface area contributed by atoms with E-state index in [2.05, 4.69) is 142 Å². The smallest absolute Gasteiger partial charge is 0.485 e. The van der Waals surface area contributed by atoms with Gasteiger partial charge in [-0.05, 0) is 42.0 Å². The lowest BCUT2D eigenvalue weighted by molar-refractivity contribution is -0.0517. The van der Waals surface area contributed by atoms with E-state index < -0.39 is 22.9 Å². The van der Waals surface area contributed by atoms with Crippen LogP contribution in [0.2, 0.25) is 0 Å². The van der Waals surface area contributed by atoms with E-state index in [9.17, 15) is 13.2 Å². The minimum Gasteiger partial charge on any atom is -0.741 e. The quantitative estimate of drug-likeness (QED) is 0.105. The highest BCUT2D eigenvalue weighted by molar-refractivity contribution is 7.96. The molecule has 9 heteroatoms. The maximum atomic E-state index is 10.7. The number of hydrogen-bond acceptors (Lipinski definition) is 4. The normalized spacial score (nSPS) is 13.6. The van der Waals surface area contributed by atoms with Crippen LogP contribution in [0.15, 0.2) is 126 Å². The molecule has 0 saturated heterocycles. The van der Waals surface area contributed by atoms with E-state index in [-0.39, 0.29) is 11.1 Å². The average molecular weight is 600 g/mol. The molecule has 41 heavy (non-hydrogen) atoms. The number of rotatable bonds is 6. The molecular weight excluding hydrogens is 566 g/mol. The van der Waals surface area contributed by atoms with Crippen LogP contribution < -0.4 is 15.9 Å². The van der Waals surface area contributed by atoms with E-state index in [4.69, 9.17) is 18.0 Å². The van der Waals surface area contributed by atoms with Crippen molar-refractivity contribution in [3.8, 4) is 0 Å². The Balaban J connectivity index is 0.000000507. The van der Waals surface area contributed by atoms with Crippen molar-refractivity contribution in [3.63, 3.8) is 0 Å². The Morgan fingerprint density at radius 3 is 1.22 bits per heavy atom. The lowest BCUT2D eigenvalue weighted by Gasteiger charge is -2.39. The van der Waals surface area contributed by atoms with Crippen LogP contribution in [-0.2, 0) is 10.1 Å². The van der Waals surface area contributed by atoms with Gasteiger partial charge in [-0.3, -0.25) is 4.99 Å². The van der Waals surface area contributed by atoms with Crippen LogP contribution in [-0.4, -0.2) is 31.2 Å². The summed E-state index contributed by atoms with van der Waals surface area (Å²) in [5.41, 5.74) is -3.06. The Morgan fingerprint density at radius 1 is 0.683 bits per heavy atom. The topological polar surface area (TPSA) is 69.6 Å². The van der Waals surface area contributed by atoms with Crippen molar-refractivity contribution in [3.05, 3.63) is 127 Å². The molecule has 4 aromatic rings. The highest BCUT2D eigenvalue weighted by Crippen LogP contribution is 2.68. The van der Waals surface area contributed by atoms with Crippen LogP contribution in [0.1, 0.15) is 32.0 Å². The second-order valence-electron chi connectivity index (χ2n) is 10.3. The van der Waals surface area contributed by atoms with E-state index >= 15 is 0 Å². The number of hydrogen-bond donors (Lipinski definition) is 0. The standard InChI is InChI=1S/C31H33NP.CHF3O3S/c1-31(2,3)30(32-4)29(25-17-9-5-10-18-25)33(26-19-11-6-12-20-26,27-21-13-7-14-22-27)28-23-15-8-16-24-28;2-1(3,4)8(5,6)7/h5-24,29H,1-4H3;(H,5,6,7)/q+1;/p-1. The van der Waals surface area contributed by atoms with Crippen molar-refractivity contribution < 1.29 is 26.1 Å². The van der Waals surface area contributed by atoms with E-state index in [1.54, 1.807) is 0 Å². The first kappa shape index (κ1) is 32.2. The average Bonchev–Trinajstić information content (AvgIpc) is 2.94. The molecule has 4 rings (SSSR count). The third-order valence-corrected chi connectivity index (χ3v) is 11.8. The second-order valence-corrected chi connectivity index (χ2v) is 15.2. The summed E-state index contributed by atoms with van der Waals surface area (Å²) in [6, 6.07) is 44.3. The van der Waals surface area contributed by atoms with Gasteiger partial charge >= 0.3 is 5.51 Å². The highest BCUT2D eigenvalue weighted by Gasteiger charge is 2.56. The van der Waals surface area contributed by atoms with Crippen molar-refractivity contribution in [1.82, 2.24) is 0 Å². The lowest BCUT2D eigenvalue weighted by atomic mass is 9.85. The molecule has 0 aliphatic heterocycles. The predicted octanol–water partition coefficient (Wildman–Crippen LogP) is 6.89. The minimum atomic E-state index is -6.09. The predicted molar refractivity (Wildman–Crippen MR) is 163 cm³/mol.